The first-order valence-electron chi connectivity index (χ1n) is 13.2. The lowest BCUT2D eigenvalue weighted by Gasteiger charge is -2.38. The number of amides is 1. The summed E-state index contributed by atoms with van der Waals surface area (Å²) in [6.07, 6.45) is 2.87. The standard InChI is InChI=1S/C31H33ClN2O3S/c1-33(30(36)29(35)24-7-3-2-4-8-24)21-25(23-11-13-26(32)14-12-23)15-18-34-19-16-31(17-20-34)22-38(37)28-10-6-5-9-27(28)31/h2-14,25H,15-22H2,1H3. The fraction of sp³-hybridized carbons (Fsp3) is 0.355. The van der Waals surface area contributed by atoms with Gasteiger partial charge in [-0.3, -0.25) is 9.59 Å². The van der Waals surface area contributed by atoms with Crippen molar-refractivity contribution in [3.8, 4) is 0 Å². The number of hydrogen-bond donors (Lipinski definition) is 0. The Labute approximate surface area is 233 Å². The van der Waals surface area contributed by atoms with Gasteiger partial charge in [0.1, 0.15) is 5.75 Å². The lowest BCUT2D eigenvalue weighted by atomic mass is 9.74. The minimum Gasteiger partial charge on any atom is -0.611 e. The zero-order valence-corrected chi connectivity index (χ0v) is 23.2. The van der Waals surface area contributed by atoms with Crippen LogP contribution >= 0.6 is 11.6 Å². The van der Waals surface area contributed by atoms with Crippen LogP contribution in [0.25, 0.3) is 0 Å². The molecule has 38 heavy (non-hydrogen) atoms. The number of Topliss-reactive ketones (excluding diaryl/α,β-unsaturated/α-hetero) is 1. The molecule has 2 aliphatic heterocycles. The van der Waals surface area contributed by atoms with Crippen LogP contribution in [0.15, 0.2) is 83.8 Å². The summed E-state index contributed by atoms with van der Waals surface area (Å²) in [5.74, 6) is -0.183. The van der Waals surface area contributed by atoms with E-state index in [4.69, 9.17) is 11.6 Å². The number of piperidine rings is 1. The predicted molar refractivity (Wildman–Crippen MR) is 152 cm³/mol. The van der Waals surface area contributed by atoms with Crippen molar-refractivity contribution in [2.45, 2.75) is 35.5 Å². The first-order chi connectivity index (χ1) is 18.4. The van der Waals surface area contributed by atoms with Crippen LogP contribution in [0.5, 0.6) is 0 Å². The van der Waals surface area contributed by atoms with Gasteiger partial charge in [0.2, 0.25) is 5.78 Å². The zero-order valence-electron chi connectivity index (χ0n) is 21.6. The first kappa shape index (κ1) is 26.9. The number of hydrogen-bond acceptors (Lipinski definition) is 4. The van der Waals surface area contributed by atoms with Gasteiger partial charge < -0.3 is 14.4 Å². The molecule has 5 rings (SSSR count). The molecule has 1 fully saturated rings. The molecule has 0 aromatic heterocycles. The normalized spacial score (nSPS) is 19.2. The third kappa shape index (κ3) is 5.69. The third-order valence-corrected chi connectivity index (χ3v) is 10.0. The number of nitrogens with zero attached hydrogens (tertiary/aromatic N) is 2. The lowest BCUT2D eigenvalue weighted by molar-refractivity contribution is -0.125. The molecule has 3 aromatic rings. The van der Waals surface area contributed by atoms with Crippen LogP contribution in [-0.4, -0.2) is 65.0 Å². The average molecular weight is 549 g/mol. The average Bonchev–Trinajstić information content (AvgIpc) is 3.23. The SMILES string of the molecule is CN(CC(CCN1CCC2(CC1)C[S+]([O-])c1ccccc12)c1ccc(Cl)cc1)C(=O)C(=O)c1ccccc1. The molecule has 0 N–H and O–H groups in total. The minimum atomic E-state index is -0.907. The number of fused-ring (bicyclic) bond motifs is 2. The van der Waals surface area contributed by atoms with E-state index in [-0.39, 0.29) is 11.3 Å². The van der Waals surface area contributed by atoms with Gasteiger partial charge in [0.25, 0.3) is 5.91 Å². The summed E-state index contributed by atoms with van der Waals surface area (Å²) in [5, 5.41) is 0.673. The predicted octanol–water partition coefficient (Wildman–Crippen LogP) is 5.31. The van der Waals surface area contributed by atoms with Gasteiger partial charge in [0.05, 0.1) is 0 Å². The zero-order chi connectivity index (χ0) is 26.7. The van der Waals surface area contributed by atoms with Crippen molar-refractivity contribution in [2.75, 3.05) is 39.0 Å². The smallest absolute Gasteiger partial charge is 0.294 e. The maximum atomic E-state index is 13.0. The van der Waals surface area contributed by atoms with E-state index in [1.807, 2.05) is 42.5 Å². The molecule has 1 spiro atoms. The molecule has 5 nitrogen and oxygen atoms in total. The maximum absolute atomic E-state index is 13.0. The Bertz CT molecular complexity index is 1280. The highest BCUT2D eigenvalue weighted by atomic mass is 35.5. The van der Waals surface area contributed by atoms with Gasteiger partial charge >= 0.3 is 0 Å². The van der Waals surface area contributed by atoms with Crippen LogP contribution in [0.1, 0.15) is 46.7 Å². The fourth-order valence-corrected chi connectivity index (χ4v) is 7.85. The number of likely N-dealkylation sites (N-methyl/N-ethyl adjacent to an activating group) is 1. The molecule has 198 valence electrons. The molecule has 2 heterocycles. The van der Waals surface area contributed by atoms with Gasteiger partial charge in [0.15, 0.2) is 4.90 Å². The molecule has 0 saturated carbocycles. The Hall–Kier alpha value is -2.64. The van der Waals surface area contributed by atoms with Crippen LogP contribution < -0.4 is 0 Å². The fourth-order valence-electron chi connectivity index (χ4n) is 5.86. The summed E-state index contributed by atoms with van der Waals surface area (Å²) in [6.45, 7) is 3.26. The summed E-state index contributed by atoms with van der Waals surface area (Å²) >= 11 is 5.24. The van der Waals surface area contributed by atoms with E-state index in [1.165, 1.54) is 5.56 Å². The monoisotopic (exact) mass is 548 g/mol. The van der Waals surface area contributed by atoms with Crippen molar-refractivity contribution < 1.29 is 14.1 Å². The van der Waals surface area contributed by atoms with Crippen molar-refractivity contribution in [2.24, 2.45) is 0 Å². The highest BCUT2D eigenvalue weighted by Crippen LogP contribution is 2.46. The Kier molecular flexibility index (Phi) is 8.24. The molecule has 0 bridgehead atoms. The Morgan fingerprint density at radius 1 is 1.00 bits per heavy atom. The van der Waals surface area contributed by atoms with Gasteiger partial charge in [-0.05, 0) is 73.8 Å². The highest BCUT2D eigenvalue weighted by molar-refractivity contribution is 7.91. The largest absolute Gasteiger partial charge is 0.611 e. The van der Waals surface area contributed by atoms with Crippen molar-refractivity contribution in [3.05, 3.63) is 101 Å². The molecule has 1 saturated heterocycles. The van der Waals surface area contributed by atoms with Gasteiger partial charge in [-0.25, -0.2) is 0 Å². The molecule has 2 aliphatic rings. The number of benzene rings is 3. The number of carbonyl (C=O) groups is 2. The Morgan fingerprint density at radius 2 is 1.66 bits per heavy atom. The molecule has 7 heteroatoms. The van der Waals surface area contributed by atoms with Crippen molar-refractivity contribution in [3.63, 3.8) is 0 Å². The second kappa shape index (κ2) is 11.6. The van der Waals surface area contributed by atoms with Crippen LogP contribution in [0, 0.1) is 0 Å². The third-order valence-electron chi connectivity index (χ3n) is 8.13. The molecule has 3 aromatic carbocycles. The summed E-state index contributed by atoms with van der Waals surface area (Å²) in [7, 11) is 1.70. The molecular formula is C31H33ClN2O3S. The van der Waals surface area contributed by atoms with Crippen molar-refractivity contribution in [1.29, 1.82) is 0 Å². The summed E-state index contributed by atoms with van der Waals surface area (Å²) in [5.41, 5.74) is 2.82. The van der Waals surface area contributed by atoms with Gasteiger partial charge in [-0.2, -0.15) is 0 Å². The van der Waals surface area contributed by atoms with E-state index in [1.54, 1.807) is 36.2 Å². The van der Waals surface area contributed by atoms with E-state index >= 15 is 0 Å². The van der Waals surface area contributed by atoms with Crippen molar-refractivity contribution in [1.82, 2.24) is 9.80 Å². The van der Waals surface area contributed by atoms with Crippen LogP contribution in [0.3, 0.4) is 0 Å². The lowest BCUT2D eigenvalue weighted by Crippen LogP contribution is -2.44. The second-order valence-corrected chi connectivity index (χ2v) is 12.4. The van der Waals surface area contributed by atoms with Crippen LogP contribution in [0.2, 0.25) is 5.02 Å². The molecule has 2 atom stereocenters. The first-order valence-corrected chi connectivity index (χ1v) is 14.9. The molecular weight excluding hydrogens is 516 g/mol. The second-order valence-electron chi connectivity index (χ2n) is 10.5. The van der Waals surface area contributed by atoms with Crippen molar-refractivity contribution >= 4 is 34.5 Å². The van der Waals surface area contributed by atoms with E-state index in [9.17, 15) is 14.1 Å². The molecule has 0 aliphatic carbocycles. The quantitative estimate of drug-likeness (QED) is 0.217. The van der Waals surface area contributed by atoms with E-state index in [2.05, 4.69) is 17.0 Å². The molecule has 2 unspecified atom stereocenters. The highest BCUT2D eigenvalue weighted by Gasteiger charge is 2.48. The topological polar surface area (TPSA) is 63.7 Å². The summed E-state index contributed by atoms with van der Waals surface area (Å²) < 4.78 is 12.7. The molecule has 1 amide bonds. The number of carbonyl (C=O) groups excluding carboxylic acids is 2. The van der Waals surface area contributed by atoms with Gasteiger partial charge in [-0.15, -0.1) is 0 Å². The Morgan fingerprint density at radius 3 is 2.37 bits per heavy atom. The Balaban J connectivity index is 1.23. The molecule has 0 radical (unpaired) electrons. The minimum absolute atomic E-state index is 0.0258. The summed E-state index contributed by atoms with van der Waals surface area (Å²) in [4.78, 5) is 30.8. The van der Waals surface area contributed by atoms with E-state index in [0.717, 1.165) is 55.1 Å². The van der Waals surface area contributed by atoms with E-state index < -0.39 is 22.9 Å². The number of rotatable bonds is 8. The van der Waals surface area contributed by atoms with E-state index in [0.29, 0.717) is 17.1 Å². The maximum Gasteiger partial charge on any atom is 0.294 e. The van der Waals surface area contributed by atoms with Gasteiger partial charge in [-0.1, -0.05) is 72.3 Å². The van der Waals surface area contributed by atoms with Crippen LogP contribution in [-0.2, 0) is 21.4 Å². The van der Waals surface area contributed by atoms with Gasteiger partial charge in [0, 0.05) is 41.1 Å². The number of ketones is 1. The number of likely N-dealkylation sites (tertiary alicyclic amines) is 1. The summed E-state index contributed by atoms with van der Waals surface area (Å²) in [6, 6.07) is 24.7. The van der Waals surface area contributed by atoms with Crippen LogP contribution in [0.4, 0.5) is 0 Å². The number of halogens is 1.